The topological polar surface area (TPSA) is 66.9 Å². The summed E-state index contributed by atoms with van der Waals surface area (Å²) in [5.74, 6) is 0.454. The van der Waals surface area contributed by atoms with Gasteiger partial charge in [0, 0.05) is 6.54 Å². The molecule has 1 amide bonds. The summed E-state index contributed by atoms with van der Waals surface area (Å²) in [6.45, 7) is 1.62. The van der Waals surface area contributed by atoms with Crippen molar-refractivity contribution in [3.8, 4) is 0 Å². The summed E-state index contributed by atoms with van der Waals surface area (Å²) < 4.78 is 0. The van der Waals surface area contributed by atoms with Crippen LogP contribution in [-0.4, -0.2) is 29.2 Å². The number of rotatable bonds is 2. The molecule has 1 atom stereocenters. The van der Waals surface area contributed by atoms with Crippen molar-refractivity contribution in [1.29, 1.82) is 0 Å². The number of carbonyl (C=O) groups is 1. The van der Waals surface area contributed by atoms with Gasteiger partial charge in [-0.15, -0.1) is 10.2 Å². The van der Waals surface area contributed by atoms with Crippen molar-refractivity contribution in [3.63, 3.8) is 0 Å². The van der Waals surface area contributed by atoms with Gasteiger partial charge in [0.1, 0.15) is 0 Å². The molecular formula is C9H11ClN4O. The molecule has 1 aromatic heterocycles. The smallest absolute Gasteiger partial charge is 0.230 e. The molecule has 80 valence electrons. The van der Waals surface area contributed by atoms with Crippen molar-refractivity contribution in [2.45, 2.75) is 6.42 Å². The maximum Gasteiger partial charge on any atom is 0.230 e. The average molecular weight is 227 g/mol. The molecule has 0 radical (unpaired) electrons. The van der Waals surface area contributed by atoms with Gasteiger partial charge in [-0.25, -0.2) is 0 Å². The van der Waals surface area contributed by atoms with Crippen molar-refractivity contribution in [3.05, 3.63) is 17.3 Å². The molecule has 1 saturated heterocycles. The van der Waals surface area contributed by atoms with Crippen LogP contribution in [-0.2, 0) is 4.79 Å². The number of hydrogen-bond acceptors (Lipinski definition) is 4. The monoisotopic (exact) mass is 226 g/mol. The Balaban J connectivity index is 1.96. The summed E-state index contributed by atoms with van der Waals surface area (Å²) in [6, 6.07) is 3.23. The van der Waals surface area contributed by atoms with Crippen LogP contribution in [0, 0.1) is 5.92 Å². The zero-order valence-electron chi connectivity index (χ0n) is 8.03. The fourth-order valence-electron chi connectivity index (χ4n) is 1.49. The van der Waals surface area contributed by atoms with Gasteiger partial charge < -0.3 is 10.6 Å². The molecule has 1 aliphatic heterocycles. The molecule has 0 spiro atoms. The molecule has 6 heteroatoms. The van der Waals surface area contributed by atoms with E-state index in [2.05, 4.69) is 20.8 Å². The normalized spacial score (nSPS) is 20.2. The Kier molecular flexibility index (Phi) is 3.13. The van der Waals surface area contributed by atoms with E-state index < -0.39 is 0 Å². The molecular weight excluding hydrogens is 216 g/mol. The van der Waals surface area contributed by atoms with E-state index >= 15 is 0 Å². The van der Waals surface area contributed by atoms with E-state index in [4.69, 9.17) is 11.6 Å². The number of anilines is 1. The van der Waals surface area contributed by atoms with E-state index in [0.717, 1.165) is 19.5 Å². The fourth-order valence-corrected chi connectivity index (χ4v) is 1.59. The van der Waals surface area contributed by atoms with Crippen LogP contribution in [0.4, 0.5) is 5.82 Å². The van der Waals surface area contributed by atoms with Crippen LogP contribution >= 0.6 is 11.6 Å². The molecule has 0 aromatic carbocycles. The molecule has 1 unspecified atom stereocenters. The van der Waals surface area contributed by atoms with E-state index in [0.29, 0.717) is 11.0 Å². The highest BCUT2D eigenvalue weighted by Crippen LogP contribution is 2.11. The summed E-state index contributed by atoms with van der Waals surface area (Å²) in [7, 11) is 0. The minimum atomic E-state index is -0.0170. The Morgan fingerprint density at radius 1 is 1.53 bits per heavy atom. The molecule has 0 saturated carbocycles. The average Bonchev–Trinajstić information content (AvgIpc) is 2.74. The summed E-state index contributed by atoms with van der Waals surface area (Å²) in [6.07, 6.45) is 0.868. The summed E-state index contributed by atoms with van der Waals surface area (Å²) in [4.78, 5) is 11.6. The number of nitrogens with one attached hydrogen (secondary N) is 2. The largest absolute Gasteiger partial charge is 0.316 e. The van der Waals surface area contributed by atoms with Gasteiger partial charge in [0.25, 0.3) is 0 Å². The van der Waals surface area contributed by atoms with E-state index in [9.17, 15) is 4.79 Å². The molecule has 1 aromatic rings. The van der Waals surface area contributed by atoms with Crippen LogP contribution in [0.1, 0.15) is 6.42 Å². The quantitative estimate of drug-likeness (QED) is 0.778. The summed E-state index contributed by atoms with van der Waals surface area (Å²) in [5, 5.41) is 13.5. The van der Waals surface area contributed by atoms with Crippen molar-refractivity contribution in [2.24, 2.45) is 5.92 Å². The highest BCUT2D eigenvalue weighted by Gasteiger charge is 2.22. The number of aromatic nitrogens is 2. The second kappa shape index (κ2) is 4.55. The molecule has 5 nitrogen and oxygen atoms in total. The molecule has 2 N–H and O–H groups in total. The number of amides is 1. The standard InChI is InChI=1S/C9H11ClN4O/c10-7-1-2-8(14-13-7)12-9(15)6-3-4-11-5-6/h1-2,6,11H,3-5H2,(H,12,14,15). The number of carbonyl (C=O) groups excluding carboxylic acids is 1. The van der Waals surface area contributed by atoms with Gasteiger partial charge in [0.05, 0.1) is 5.92 Å². The third-order valence-electron chi connectivity index (χ3n) is 2.31. The molecule has 0 bridgehead atoms. The molecule has 2 heterocycles. The lowest BCUT2D eigenvalue weighted by Crippen LogP contribution is -2.25. The highest BCUT2D eigenvalue weighted by molar-refractivity contribution is 6.29. The molecule has 1 aliphatic rings. The third-order valence-corrected chi connectivity index (χ3v) is 2.52. The molecule has 15 heavy (non-hydrogen) atoms. The van der Waals surface area contributed by atoms with Gasteiger partial charge in [0.2, 0.25) is 5.91 Å². The third kappa shape index (κ3) is 2.64. The molecule has 2 rings (SSSR count). The summed E-state index contributed by atoms with van der Waals surface area (Å²) >= 11 is 5.58. The first kappa shape index (κ1) is 10.3. The van der Waals surface area contributed by atoms with Gasteiger partial charge >= 0.3 is 0 Å². The SMILES string of the molecule is O=C(Nc1ccc(Cl)nn1)C1CCNC1. The maximum absolute atomic E-state index is 11.6. The number of nitrogens with zero attached hydrogens (tertiary/aromatic N) is 2. The minimum Gasteiger partial charge on any atom is -0.316 e. The Bertz CT molecular complexity index is 348. The lowest BCUT2D eigenvalue weighted by Gasteiger charge is -2.08. The zero-order chi connectivity index (χ0) is 10.7. The number of halogens is 1. The van der Waals surface area contributed by atoms with Gasteiger partial charge in [-0.3, -0.25) is 4.79 Å². The van der Waals surface area contributed by atoms with Crippen molar-refractivity contribution in [2.75, 3.05) is 18.4 Å². The Morgan fingerprint density at radius 2 is 2.40 bits per heavy atom. The Morgan fingerprint density at radius 3 is 3.00 bits per heavy atom. The van der Waals surface area contributed by atoms with E-state index in [1.807, 2.05) is 0 Å². The first-order valence-corrected chi connectivity index (χ1v) is 5.14. The van der Waals surface area contributed by atoms with E-state index in [1.54, 1.807) is 12.1 Å². The van der Waals surface area contributed by atoms with Gasteiger partial charge in [-0.05, 0) is 25.1 Å². The minimum absolute atomic E-state index is 0.0170. The zero-order valence-corrected chi connectivity index (χ0v) is 8.79. The van der Waals surface area contributed by atoms with Gasteiger partial charge in [0.15, 0.2) is 11.0 Å². The number of hydrogen-bond donors (Lipinski definition) is 2. The molecule has 0 aliphatic carbocycles. The highest BCUT2D eigenvalue weighted by atomic mass is 35.5. The van der Waals surface area contributed by atoms with Crippen molar-refractivity contribution >= 4 is 23.3 Å². The van der Waals surface area contributed by atoms with Crippen LogP contribution < -0.4 is 10.6 Å². The van der Waals surface area contributed by atoms with Crippen LogP contribution in [0.2, 0.25) is 5.15 Å². The van der Waals surface area contributed by atoms with Gasteiger partial charge in [-0.1, -0.05) is 11.6 Å². The first-order chi connectivity index (χ1) is 7.25. The maximum atomic E-state index is 11.6. The molecule has 1 fully saturated rings. The van der Waals surface area contributed by atoms with Crippen molar-refractivity contribution < 1.29 is 4.79 Å². The fraction of sp³-hybridized carbons (Fsp3) is 0.444. The second-order valence-electron chi connectivity index (χ2n) is 3.42. The van der Waals surface area contributed by atoms with Crippen LogP contribution in [0.25, 0.3) is 0 Å². The van der Waals surface area contributed by atoms with Crippen LogP contribution in [0.5, 0.6) is 0 Å². The lowest BCUT2D eigenvalue weighted by molar-refractivity contribution is -0.119. The van der Waals surface area contributed by atoms with Crippen LogP contribution in [0.15, 0.2) is 12.1 Å². The Labute approximate surface area is 92.2 Å². The van der Waals surface area contributed by atoms with Crippen molar-refractivity contribution in [1.82, 2.24) is 15.5 Å². The first-order valence-electron chi connectivity index (χ1n) is 4.76. The predicted octanol–water partition coefficient (Wildman–Crippen LogP) is 0.678. The Hall–Kier alpha value is -1.20. The predicted molar refractivity (Wildman–Crippen MR) is 56.6 cm³/mol. The van der Waals surface area contributed by atoms with E-state index in [-0.39, 0.29) is 11.8 Å². The van der Waals surface area contributed by atoms with Crippen LogP contribution in [0.3, 0.4) is 0 Å². The summed E-state index contributed by atoms with van der Waals surface area (Å²) in [5.41, 5.74) is 0. The van der Waals surface area contributed by atoms with E-state index in [1.165, 1.54) is 0 Å². The van der Waals surface area contributed by atoms with Gasteiger partial charge in [-0.2, -0.15) is 0 Å². The lowest BCUT2D eigenvalue weighted by atomic mass is 10.1. The second-order valence-corrected chi connectivity index (χ2v) is 3.81.